The van der Waals surface area contributed by atoms with Crippen LogP contribution in [0.1, 0.15) is 32.2 Å². The maximum absolute atomic E-state index is 13.3. The Balaban J connectivity index is 1.39. The van der Waals surface area contributed by atoms with Gasteiger partial charge in [-0.3, -0.25) is 9.78 Å². The predicted octanol–water partition coefficient (Wildman–Crippen LogP) is 3.16. The van der Waals surface area contributed by atoms with E-state index in [1.807, 2.05) is 29.6 Å². The van der Waals surface area contributed by atoms with Crippen molar-refractivity contribution in [2.75, 3.05) is 5.73 Å². The van der Waals surface area contributed by atoms with E-state index in [-0.39, 0.29) is 23.0 Å². The number of carbonyl (C=O) groups excluding carboxylic acids is 1. The molecule has 0 aliphatic carbocycles. The standard InChI is InChI=1S/C23H23N5O3S2/c1-14-21(33(30,31)28-12-16-7-9-32-20(16)13-28)10-19(27(14)2)23(29)26-11-15-5-6-18(24)22-17(15)4-3-8-25-22/h3-10H,11-13,24H2,1-2H3,(H,26,29). The van der Waals surface area contributed by atoms with Gasteiger partial charge in [0.25, 0.3) is 5.91 Å². The number of nitrogens with zero attached hydrogens (tertiary/aromatic N) is 3. The zero-order valence-electron chi connectivity index (χ0n) is 18.2. The van der Waals surface area contributed by atoms with Crippen molar-refractivity contribution in [2.24, 2.45) is 7.05 Å². The summed E-state index contributed by atoms with van der Waals surface area (Å²) in [6, 6.07) is 10.8. The number of rotatable bonds is 5. The predicted molar refractivity (Wildman–Crippen MR) is 128 cm³/mol. The molecule has 0 unspecified atom stereocenters. The molecule has 3 aromatic heterocycles. The number of hydrogen-bond acceptors (Lipinski definition) is 6. The van der Waals surface area contributed by atoms with Gasteiger partial charge in [-0.15, -0.1) is 11.3 Å². The van der Waals surface area contributed by atoms with Crippen LogP contribution < -0.4 is 11.1 Å². The smallest absolute Gasteiger partial charge is 0.268 e. The summed E-state index contributed by atoms with van der Waals surface area (Å²) in [5, 5.41) is 5.75. The number of nitrogen functional groups attached to an aromatic ring is 1. The molecule has 0 saturated heterocycles. The Labute approximate surface area is 195 Å². The number of anilines is 1. The quantitative estimate of drug-likeness (QED) is 0.426. The van der Waals surface area contributed by atoms with Crippen LogP contribution in [0.3, 0.4) is 0 Å². The summed E-state index contributed by atoms with van der Waals surface area (Å²) in [5.74, 6) is -0.351. The van der Waals surface area contributed by atoms with Crippen LogP contribution in [-0.2, 0) is 36.7 Å². The largest absolute Gasteiger partial charge is 0.397 e. The first-order chi connectivity index (χ1) is 15.8. The molecule has 0 spiro atoms. The molecule has 4 heterocycles. The lowest BCUT2D eigenvalue weighted by Crippen LogP contribution is -2.26. The normalized spacial score (nSPS) is 14.0. The molecule has 10 heteroatoms. The molecule has 1 aliphatic heterocycles. The lowest BCUT2D eigenvalue weighted by atomic mass is 10.1. The van der Waals surface area contributed by atoms with E-state index in [2.05, 4.69) is 10.3 Å². The van der Waals surface area contributed by atoms with Crippen molar-refractivity contribution in [3.63, 3.8) is 0 Å². The van der Waals surface area contributed by atoms with Crippen LogP contribution in [0.5, 0.6) is 0 Å². The lowest BCUT2D eigenvalue weighted by molar-refractivity contribution is 0.0942. The van der Waals surface area contributed by atoms with E-state index >= 15 is 0 Å². The Morgan fingerprint density at radius 2 is 2.06 bits per heavy atom. The summed E-state index contributed by atoms with van der Waals surface area (Å²) in [7, 11) is -2.02. The zero-order valence-corrected chi connectivity index (χ0v) is 19.8. The highest BCUT2D eigenvalue weighted by Crippen LogP contribution is 2.33. The Bertz CT molecular complexity index is 1480. The monoisotopic (exact) mass is 481 g/mol. The molecule has 8 nitrogen and oxygen atoms in total. The third-order valence-electron chi connectivity index (χ3n) is 6.17. The summed E-state index contributed by atoms with van der Waals surface area (Å²) in [5.41, 5.74) is 10.0. The zero-order chi connectivity index (χ0) is 23.3. The van der Waals surface area contributed by atoms with E-state index in [0.29, 0.717) is 30.0 Å². The van der Waals surface area contributed by atoms with Gasteiger partial charge in [0.15, 0.2) is 0 Å². The number of thiophene rings is 1. The van der Waals surface area contributed by atoms with Crippen molar-refractivity contribution in [1.82, 2.24) is 19.2 Å². The molecule has 1 amide bonds. The molecule has 33 heavy (non-hydrogen) atoms. The molecule has 5 rings (SSSR count). The molecule has 0 fully saturated rings. The summed E-state index contributed by atoms with van der Waals surface area (Å²) < 4.78 is 29.8. The number of nitrogens with two attached hydrogens (primary N) is 1. The average Bonchev–Trinajstić information content (AvgIpc) is 3.48. The van der Waals surface area contributed by atoms with Gasteiger partial charge in [0.1, 0.15) is 10.6 Å². The van der Waals surface area contributed by atoms with E-state index in [1.165, 1.54) is 10.4 Å². The van der Waals surface area contributed by atoms with Crippen LogP contribution in [0.4, 0.5) is 5.69 Å². The van der Waals surface area contributed by atoms with Crippen molar-refractivity contribution in [3.05, 3.63) is 75.4 Å². The number of amides is 1. The van der Waals surface area contributed by atoms with Crippen molar-refractivity contribution in [1.29, 1.82) is 0 Å². The number of benzene rings is 1. The number of carbonyl (C=O) groups is 1. The van der Waals surface area contributed by atoms with Gasteiger partial charge in [-0.2, -0.15) is 4.31 Å². The molecule has 1 aromatic carbocycles. The topological polar surface area (TPSA) is 110 Å². The van der Waals surface area contributed by atoms with Crippen LogP contribution in [0.15, 0.2) is 52.9 Å². The fraction of sp³-hybridized carbons (Fsp3) is 0.217. The van der Waals surface area contributed by atoms with Gasteiger partial charge in [0.2, 0.25) is 10.0 Å². The number of aromatic nitrogens is 2. The van der Waals surface area contributed by atoms with Crippen LogP contribution in [0, 0.1) is 6.92 Å². The fourth-order valence-electron chi connectivity index (χ4n) is 4.19. The third-order valence-corrected chi connectivity index (χ3v) is 9.03. The van der Waals surface area contributed by atoms with Crippen molar-refractivity contribution in [2.45, 2.75) is 31.5 Å². The highest BCUT2D eigenvalue weighted by molar-refractivity contribution is 7.89. The minimum atomic E-state index is -3.73. The summed E-state index contributed by atoms with van der Waals surface area (Å²) in [6.45, 7) is 2.70. The van der Waals surface area contributed by atoms with Gasteiger partial charge in [-0.1, -0.05) is 12.1 Å². The van der Waals surface area contributed by atoms with Crippen molar-refractivity contribution >= 4 is 43.9 Å². The van der Waals surface area contributed by atoms with Crippen LogP contribution in [0.2, 0.25) is 0 Å². The van der Waals surface area contributed by atoms with Crippen molar-refractivity contribution in [3.8, 4) is 0 Å². The highest BCUT2D eigenvalue weighted by atomic mass is 32.2. The van der Waals surface area contributed by atoms with Gasteiger partial charge in [-0.25, -0.2) is 8.42 Å². The number of fused-ring (bicyclic) bond motifs is 2. The molecule has 0 radical (unpaired) electrons. The summed E-state index contributed by atoms with van der Waals surface area (Å²) in [4.78, 5) is 18.6. The number of pyridine rings is 1. The minimum absolute atomic E-state index is 0.160. The highest BCUT2D eigenvalue weighted by Gasteiger charge is 2.34. The Kier molecular flexibility index (Phi) is 5.23. The summed E-state index contributed by atoms with van der Waals surface area (Å²) in [6.07, 6.45) is 1.68. The molecule has 0 atom stereocenters. The van der Waals surface area contributed by atoms with Crippen LogP contribution >= 0.6 is 11.3 Å². The maximum atomic E-state index is 13.3. The first-order valence-corrected chi connectivity index (χ1v) is 12.7. The molecule has 1 aliphatic rings. The SMILES string of the molecule is Cc1c(S(=O)(=O)N2Cc3ccsc3C2)cc(C(=O)NCc2ccc(N)c3ncccc23)n1C. The second-order valence-corrected chi connectivity index (χ2v) is 11.0. The number of nitrogens with one attached hydrogen (secondary N) is 1. The van der Waals surface area contributed by atoms with Gasteiger partial charge in [-0.05, 0) is 47.7 Å². The Morgan fingerprint density at radius 3 is 2.85 bits per heavy atom. The Morgan fingerprint density at radius 1 is 1.24 bits per heavy atom. The second-order valence-electron chi connectivity index (χ2n) is 8.08. The molecule has 0 bridgehead atoms. The van der Waals surface area contributed by atoms with E-state index in [0.717, 1.165) is 21.4 Å². The van der Waals surface area contributed by atoms with Crippen LogP contribution in [-0.4, -0.2) is 28.2 Å². The fourth-order valence-corrected chi connectivity index (χ4v) is 6.84. The first-order valence-electron chi connectivity index (χ1n) is 10.4. The van der Waals surface area contributed by atoms with Crippen LogP contribution in [0.25, 0.3) is 10.9 Å². The van der Waals surface area contributed by atoms with Crippen molar-refractivity contribution < 1.29 is 13.2 Å². The average molecular weight is 482 g/mol. The Hall–Kier alpha value is -3.21. The van der Waals surface area contributed by atoms with E-state index in [1.54, 1.807) is 42.1 Å². The molecule has 0 saturated carbocycles. The van der Waals surface area contributed by atoms with E-state index < -0.39 is 10.0 Å². The summed E-state index contributed by atoms with van der Waals surface area (Å²) >= 11 is 1.56. The molecule has 4 aromatic rings. The second kappa shape index (κ2) is 7.98. The van der Waals surface area contributed by atoms with Gasteiger partial charge < -0.3 is 15.6 Å². The number of sulfonamides is 1. The molecular formula is C23H23N5O3S2. The number of hydrogen-bond donors (Lipinski definition) is 2. The molecule has 170 valence electrons. The van der Waals surface area contributed by atoms with Gasteiger partial charge in [0.05, 0.1) is 11.2 Å². The van der Waals surface area contributed by atoms with E-state index in [4.69, 9.17) is 5.73 Å². The van der Waals surface area contributed by atoms with Gasteiger partial charge in [0, 0.05) is 48.8 Å². The minimum Gasteiger partial charge on any atom is -0.397 e. The lowest BCUT2D eigenvalue weighted by Gasteiger charge is -2.15. The van der Waals surface area contributed by atoms with E-state index in [9.17, 15) is 13.2 Å². The molecular weight excluding hydrogens is 458 g/mol. The molecule has 3 N–H and O–H groups in total. The third kappa shape index (κ3) is 3.60. The first kappa shape index (κ1) is 21.6. The van der Waals surface area contributed by atoms with Gasteiger partial charge >= 0.3 is 0 Å². The maximum Gasteiger partial charge on any atom is 0.268 e.